The molecule has 1 aromatic carbocycles. The lowest BCUT2D eigenvalue weighted by Crippen LogP contribution is -2.18. The summed E-state index contributed by atoms with van der Waals surface area (Å²) in [6.45, 7) is 1.84. The first-order chi connectivity index (χ1) is 8.56. The number of fused-ring (bicyclic) bond motifs is 1. The Bertz CT molecular complexity index is 634. The minimum atomic E-state index is -0.845. The van der Waals surface area contributed by atoms with Gasteiger partial charge in [-0.25, -0.2) is 4.79 Å². The van der Waals surface area contributed by atoms with Crippen LogP contribution in [0.5, 0.6) is 0 Å². The minimum Gasteiger partial charge on any atom is -0.460 e. The number of nitrogens with zero attached hydrogens (tertiary/aromatic N) is 2. The molecule has 2 rings (SSSR count). The predicted octanol–water partition coefficient (Wildman–Crippen LogP) is 2.08. The van der Waals surface area contributed by atoms with Crippen molar-refractivity contribution in [3.05, 3.63) is 28.4 Å². The number of carbonyl (C=O) groups is 2. The number of ether oxygens (including phenoxy) is 1. The van der Waals surface area contributed by atoms with Gasteiger partial charge in [0.05, 0.1) is 17.7 Å². The van der Waals surface area contributed by atoms with Crippen LogP contribution < -0.4 is 0 Å². The number of hydrogen-bond donors (Lipinski definition) is 0. The van der Waals surface area contributed by atoms with E-state index in [4.69, 9.17) is 4.74 Å². The number of aryl methyl sites for hydroxylation is 1. The van der Waals surface area contributed by atoms with Gasteiger partial charge in [-0.2, -0.15) is 5.10 Å². The number of halogens is 1. The Morgan fingerprint density at radius 2 is 2.17 bits per heavy atom. The fourth-order valence-electron chi connectivity index (χ4n) is 1.78. The summed E-state index contributed by atoms with van der Waals surface area (Å²) in [5.41, 5.74) is 0.911. The van der Waals surface area contributed by atoms with Crippen LogP contribution in [0.3, 0.4) is 0 Å². The van der Waals surface area contributed by atoms with E-state index in [1.165, 1.54) is 0 Å². The van der Waals surface area contributed by atoms with Crippen molar-refractivity contribution in [3.63, 3.8) is 0 Å². The maximum absolute atomic E-state index is 12.0. The van der Waals surface area contributed by atoms with Crippen LogP contribution in [-0.4, -0.2) is 28.1 Å². The van der Waals surface area contributed by atoms with Gasteiger partial charge in [0.15, 0.2) is 0 Å². The third kappa shape index (κ3) is 2.03. The van der Waals surface area contributed by atoms with Crippen molar-refractivity contribution in [2.24, 2.45) is 7.05 Å². The van der Waals surface area contributed by atoms with Crippen LogP contribution in [0, 0.1) is 0 Å². The van der Waals surface area contributed by atoms with Gasteiger partial charge in [-0.15, -0.1) is 0 Å². The van der Waals surface area contributed by atoms with Crippen molar-refractivity contribution in [1.82, 2.24) is 9.78 Å². The highest BCUT2D eigenvalue weighted by atomic mass is 79.9. The Morgan fingerprint density at radius 3 is 2.83 bits per heavy atom. The minimum absolute atomic E-state index is 0.176. The maximum atomic E-state index is 12.0. The Labute approximate surface area is 112 Å². The third-order valence-electron chi connectivity index (χ3n) is 2.53. The average Bonchev–Trinajstić information content (AvgIpc) is 2.65. The largest absolute Gasteiger partial charge is 0.460 e. The molecule has 18 heavy (non-hydrogen) atoms. The number of Topliss-reactive ketones (excluding diaryl/α,β-unsaturated/α-hetero) is 1. The molecule has 5 nitrogen and oxygen atoms in total. The molecule has 0 N–H and O–H groups in total. The Morgan fingerprint density at radius 1 is 1.44 bits per heavy atom. The van der Waals surface area contributed by atoms with Gasteiger partial charge in [0, 0.05) is 12.4 Å². The first-order valence-electron chi connectivity index (χ1n) is 5.39. The van der Waals surface area contributed by atoms with Gasteiger partial charge in [-0.3, -0.25) is 9.48 Å². The molecule has 2 aromatic rings. The summed E-state index contributed by atoms with van der Waals surface area (Å²) in [4.78, 5) is 23.5. The van der Waals surface area contributed by atoms with E-state index >= 15 is 0 Å². The first kappa shape index (κ1) is 12.8. The van der Waals surface area contributed by atoms with Crippen LogP contribution in [0.4, 0.5) is 0 Å². The lowest BCUT2D eigenvalue weighted by molar-refractivity contribution is -0.137. The molecule has 0 aliphatic rings. The number of carbonyl (C=O) groups excluding carboxylic acids is 2. The highest BCUT2D eigenvalue weighted by Gasteiger charge is 2.22. The summed E-state index contributed by atoms with van der Waals surface area (Å²) in [7, 11) is 1.72. The van der Waals surface area contributed by atoms with E-state index in [1.54, 1.807) is 30.8 Å². The van der Waals surface area contributed by atoms with Crippen LogP contribution in [-0.2, 0) is 16.6 Å². The SMILES string of the molecule is CCOC(=O)C(=O)c1cccc2c(Br)nn(C)c12. The molecule has 0 radical (unpaired) electrons. The summed E-state index contributed by atoms with van der Waals surface area (Å²) < 4.78 is 6.92. The van der Waals surface area contributed by atoms with Crippen molar-refractivity contribution < 1.29 is 14.3 Å². The van der Waals surface area contributed by atoms with E-state index in [0.717, 1.165) is 5.39 Å². The highest BCUT2D eigenvalue weighted by Crippen LogP contribution is 2.25. The van der Waals surface area contributed by atoms with Gasteiger partial charge < -0.3 is 4.74 Å². The van der Waals surface area contributed by atoms with Crippen molar-refractivity contribution in [1.29, 1.82) is 0 Å². The lowest BCUT2D eigenvalue weighted by Gasteiger charge is -2.03. The Balaban J connectivity index is 2.58. The average molecular weight is 311 g/mol. The number of rotatable bonds is 3. The summed E-state index contributed by atoms with van der Waals surface area (Å²) in [5.74, 6) is -1.50. The maximum Gasteiger partial charge on any atom is 0.379 e. The second-order valence-electron chi connectivity index (χ2n) is 3.67. The molecule has 1 aromatic heterocycles. The molecule has 94 valence electrons. The van der Waals surface area contributed by atoms with E-state index in [1.807, 2.05) is 6.07 Å². The lowest BCUT2D eigenvalue weighted by atomic mass is 10.1. The molecule has 0 fully saturated rings. The Hall–Kier alpha value is -1.69. The number of aromatic nitrogens is 2. The van der Waals surface area contributed by atoms with Crippen LogP contribution in [0.1, 0.15) is 17.3 Å². The molecule has 0 amide bonds. The van der Waals surface area contributed by atoms with Crippen molar-refractivity contribution in [2.45, 2.75) is 6.92 Å². The fourth-order valence-corrected chi connectivity index (χ4v) is 2.34. The number of benzene rings is 1. The molecule has 0 saturated heterocycles. The van der Waals surface area contributed by atoms with Gasteiger partial charge in [0.2, 0.25) is 0 Å². The van der Waals surface area contributed by atoms with Crippen LogP contribution in [0.2, 0.25) is 0 Å². The van der Waals surface area contributed by atoms with Crippen molar-refractivity contribution in [3.8, 4) is 0 Å². The number of esters is 1. The molecular formula is C12H11BrN2O3. The van der Waals surface area contributed by atoms with Gasteiger partial charge in [0.25, 0.3) is 5.78 Å². The molecule has 0 bridgehead atoms. The van der Waals surface area contributed by atoms with Gasteiger partial charge in [0.1, 0.15) is 4.60 Å². The molecule has 0 unspecified atom stereocenters. The monoisotopic (exact) mass is 310 g/mol. The first-order valence-corrected chi connectivity index (χ1v) is 6.18. The van der Waals surface area contributed by atoms with Crippen LogP contribution in [0.25, 0.3) is 10.9 Å². The van der Waals surface area contributed by atoms with Gasteiger partial charge in [-0.05, 0) is 35.0 Å². The molecule has 0 spiro atoms. The molecule has 0 aliphatic heterocycles. The number of para-hydroxylation sites is 1. The molecule has 0 aliphatic carbocycles. The zero-order valence-corrected chi connectivity index (χ0v) is 11.5. The molecule has 6 heteroatoms. The number of ketones is 1. The molecule has 1 heterocycles. The summed E-state index contributed by atoms with van der Waals surface area (Å²) in [6.07, 6.45) is 0. The normalized spacial score (nSPS) is 10.6. The standard InChI is InChI=1S/C12H11BrN2O3/c1-3-18-12(17)10(16)7-5-4-6-8-9(7)15(2)14-11(8)13/h4-6H,3H2,1-2H3. The zero-order valence-electron chi connectivity index (χ0n) is 9.94. The second-order valence-corrected chi connectivity index (χ2v) is 4.42. The summed E-state index contributed by atoms with van der Waals surface area (Å²) in [6, 6.07) is 5.13. The van der Waals surface area contributed by atoms with Crippen molar-refractivity contribution >= 4 is 38.6 Å². The highest BCUT2D eigenvalue weighted by molar-refractivity contribution is 9.10. The van der Waals surface area contributed by atoms with Crippen LogP contribution in [0.15, 0.2) is 22.8 Å². The quantitative estimate of drug-likeness (QED) is 0.495. The third-order valence-corrected chi connectivity index (χ3v) is 3.11. The molecular weight excluding hydrogens is 300 g/mol. The van der Waals surface area contributed by atoms with Crippen LogP contribution >= 0.6 is 15.9 Å². The summed E-state index contributed by atoms with van der Waals surface area (Å²) in [5, 5.41) is 4.95. The molecule has 0 saturated carbocycles. The van der Waals surface area contributed by atoms with E-state index in [0.29, 0.717) is 15.7 Å². The van der Waals surface area contributed by atoms with E-state index < -0.39 is 11.8 Å². The van der Waals surface area contributed by atoms with Gasteiger partial charge >= 0.3 is 5.97 Å². The van der Waals surface area contributed by atoms with Crippen molar-refractivity contribution in [2.75, 3.05) is 6.61 Å². The predicted molar refractivity (Wildman–Crippen MR) is 69.4 cm³/mol. The Kier molecular flexibility index (Phi) is 3.47. The second kappa shape index (κ2) is 4.89. The topological polar surface area (TPSA) is 61.2 Å². The van der Waals surface area contributed by atoms with E-state index in [9.17, 15) is 9.59 Å². The zero-order chi connectivity index (χ0) is 13.3. The van der Waals surface area contributed by atoms with E-state index in [-0.39, 0.29) is 6.61 Å². The summed E-state index contributed by atoms with van der Waals surface area (Å²) >= 11 is 3.31. The van der Waals surface area contributed by atoms with E-state index in [2.05, 4.69) is 21.0 Å². The smallest absolute Gasteiger partial charge is 0.379 e. The fraction of sp³-hybridized carbons (Fsp3) is 0.250. The van der Waals surface area contributed by atoms with Gasteiger partial charge in [-0.1, -0.05) is 6.07 Å². The number of hydrogen-bond acceptors (Lipinski definition) is 4. The molecule has 0 atom stereocenters.